The van der Waals surface area contributed by atoms with Crippen LogP contribution in [0.3, 0.4) is 0 Å². The number of ketones is 1. The first-order chi connectivity index (χ1) is 18.9. The Morgan fingerprint density at radius 2 is 1.64 bits per heavy atom. The molecular formula is C30H27BrN2O6. The highest BCUT2D eigenvalue weighted by atomic mass is 79.9. The van der Waals surface area contributed by atoms with Gasteiger partial charge in [-0.25, -0.2) is 0 Å². The summed E-state index contributed by atoms with van der Waals surface area (Å²) in [7, 11) is 4.67. The number of benzene rings is 3. The molecule has 4 aromatic rings. The van der Waals surface area contributed by atoms with E-state index in [0.29, 0.717) is 29.0 Å². The standard InChI is InChI=1S/C30H27BrN2O6/c1-37-20-9-11-24-23(14-20)18(16-32-24)12-13-33-27(22-10-8-21(38-2)15-25(22)39-3)26(29(35)30(33)36)28(34)17-4-6-19(31)7-5-17/h4-11,14-16,27,32,34H,12-13H2,1-3H3/t27-/m1/s1. The number of carbonyl (C=O) groups excluding carboxylic acids is 2. The third-order valence-electron chi connectivity index (χ3n) is 6.99. The topological polar surface area (TPSA) is 101 Å². The van der Waals surface area contributed by atoms with E-state index in [1.54, 1.807) is 56.7 Å². The number of fused-ring (bicyclic) bond motifs is 1. The van der Waals surface area contributed by atoms with Crippen molar-refractivity contribution in [2.45, 2.75) is 12.5 Å². The van der Waals surface area contributed by atoms with Gasteiger partial charge in [-0.15, -0.1) is 0 Å². The van der Waals surface area contributed by atoms with Crippen molar-refractivity contribution in [3.8, 4) is 17.2 Å². The number of carbonyl (C=O) groups is 2. The van der Waals surface area contributed by atoms with Crippen LogP contribution in [0.25, 0.3) is 16.7 Å². The molecule has 1 saturated heterocycles. The smallest absolute Gasteiger partial charge is 0.295 e. The van der Waals surface area contributed by atoms with Crippen molar-refractivity contribution < 1.29 is 28.9 Å². The predicted molar refractivity (Wildman–Crippen MR) is 151 cm³/mol. The number of hydrogen-bond donors (Lipinski definition) is 2. The molecule has 39 heavy (non-hydrogen) atoms. The highest BCUT2D eigenvalue weighted by molar-refractivity contribution is 9.10. The molecule has 1 aliphatic heterocycles. The van der Waals surface area contributed by atoms with Gasteiger partial charge in [0.15, 0.2) is 0 Å². The number of H-pyrrole nitrogens is 1. The molecule has 1 atom stereocenters. The van der Waals surface area contributed by atoms with Crippen LogP contribution in [-0.4, -0.2) is 54.6 Å². The highest BCUT2D eigenvalue weighted by Crippen LogP contribution is 2.44. The van der Waals surface area contributed by atoms with E-state index in [-0.39, 0.29) is 17.9 Å². The summed E-state index contributed by atoms with van der Waals surface area (Å²) in [5.41, 5.74) is 2.91. The summed E-state index contributed by atoms with van der Waals surface area (Å²) in [6.45, 7) is 0.228. The van der Waals surface area contributed by atoms with Crippen molar-refractivity contribution in [2.24, 2.45) is 0 Å². The molecule has 2 heterocycles. The second-order valence-corrected chi connectivity index (χ2v) is 10.00. The number of amides is 1. The maximum atomic E-state index is 13.5. The van der Waals surface area contributed by atoms with E-state index in [2.05, 4.69) is 20.9 Å². The van der Waals surface area contributed by atoms with Gasteiger partial charge in [-0.1, -0.05) is 28.1 Å². The van der Waals surface area contributed by atoms with Crippen LogP contribution in [0.5, 0.6) is 17.2 Å². The van der Waals surface area contributed by atoms with Gasteiger partial charge >= 0.3 is 0 Å². The van der Waals surface area contributed by atoms with Crippen molar-refractivity contribution in [3.05, 3.63) is 93.6 Å². The van der Waals surface area contributed by atoms with Crippen molar-refractivity contribution in [1.82, 2.24) is 9.88 Å². The molecule has 8 nitrogen and oxygen atoms in total. The van der Waals surface area contributed by atoms with Crippen molar-refractivity contribution >= 4 is 44.3 Å². The number of aliphatic hydroxyl groups is 1. The van der Waals surface area contributed by atoms with Gasteiger partial charge in [0.25, 0.3) is 11.7 Å². The van der Waals surface area contributed by atoms with Crippen LogP contribution in [0.4, 0.5) is 0 Å². The molecule has 0 bridgehead atoms. The van der Waals surface area contributed by atoms with E-state index >= 15 is 0 Å². The zero-order chi connectivity index (χ0) is 27.7. The minimum Gasteiger partial charge on any atom is -0.507 e. The number of aliphatic hydroxyl groups excluding tert-OH is 1. The molecule has 9 heteroatoms. The van der Waals surface area contributed by atoms with Crippen LogP contribution in [-0.2, 0) is 16.0 Å². The number of Topliss-reactive ketones (excluding diaryl/α,β-unsaturated/α-hetero) is 1. The van der Waals surface area contributed by atoms with E-state index in [0.717, 1.165) is 26.7 Å². The Balaban J connectivity index is 1.60. The minimum absolute atomic E-state index is 0.00591. The number of ether oxygens (including phenoxy) is 3. The SMILES string of the molecule is COc1ccc([C@@H]2C(=C(O)c3ccc(Br)cc3)C(=O)C(=O)N2CCc2c[nH]c3ccc(OC)cc23)c(OC)c1. The molecule has 5 rings (SSSR count). The van der Waals surface area contributed by atoms with Crippen LogP contribution >= 0.6 is 15.9 Å². The van der Waals surface area contributed by atoms with Crippen molar-refractivity contribution in [3.63, 3.8) is 0 Å². The fourth-order valence-electron chi connectivity index (χ4n) is 4.97. The molecule has 0 radical (unpaired) electrons. The minimum atomic E-state index is -0.866. The largest absolute Gasteiger partial charge is 0.507 e. The van der Waals surface area contributed by atoms with Crippen molar-refractivity contribution in [2.75, 3.05) is 27.9 Å². The van der Waals surface area contributed by atoms with Crippen molar-refractivity contribution in [1.29, 1.82) is 0 Å². The van der Waals surface area contributed by atoms with Gasteiger partial charge < -0.3 is 29.2 Å². The summed E-state index contributed by atoms with van der Waals surface area (Å²) in [6.07, 6.45) is 2.36. The van der Waals surface area contributed by atoms with Crippen LogP contribution in [0.15, 0.2) is 76.9 Å². The molecule has 0 saturated carbocycles. The zero-order valence-electron chi connectivity index (χ0n) is 21.7. The van der Waals surface area contributed by atoms with Gasteiger partial charge in [-0.05, 0) is 54.4 Å². The number of halogens is 1. The summed E-state index contributed by atoms with van der Waals surface area (Å²) in [5, 5.41) is 12.3. The molecule has 1 amide bonds. The van der Waals surface area contributed by atoms with Gasteiger partial charge in [-0.2, -0.15) is 0 Å². The first-order valence-corrected chi connectivity index (χ1v) is 13.1. The lowest BCUT2D eigenvalue weighted by Gasteiger charge is -2.27. The van der Waals surface area contributed by atoms with E-state index in [4.69, 9.17) is 14.2 Å². The average Bonchev–Trinajstić information content (AvgIpc) is 3.48. The van der Waals surface area contributed by atoms with E-state index < -0.39 is 17.7 Å². The Hall–Kier alpha value is -4.24. The molecule has 3 aromatic carbocycles. The van der Waals surface area contributed by atoms with Gasteiger partial charge in [-0.3, -0.25) is 9.59 Å². The number of nitrogens with one attached hydrogen (secondary N) is 1. The van der Waals surface area contributed by atoms with Gasteiger partial charge in [0.05, 0.1) is 32.9 Å². The number of rotatable bonds is 8. The van der Waals surface area contributed by atoms with Gasteiger partial charge in [0, 0.05) is 45.3 Å². The molecule has 1 aromatic heterocycles. The summed E-state index contributed by atoms with van der Waals surface area (Å²) >= 11 is 3.39. The third-order valence-corrected chi connectivity index (χ3v) is 7.52. The van der Waals surface area contributed by atoms with Crippen LogP contribution in [0.2, 0.25) is 0 Å². The van der Waals surface area contributed by atoms with E-state index in [9.17, 15) is 14.7 Å². The molecule has 0 spiro atoms. The fourth-order valence-corrected chi connectivity index (χ4v) is 5.24. The zero-order valence-corrected chi connectivity index (χ0v) is 23.2. The first-order valence-electron chi connectivity index (χ1n) is 12.3. The first kappa shape index (κ1) is 26.4. The lowest BCUT2D eigenvalue weighted by molar-refractivity contribution is -0.139. The molecule has 2 N–H and O–H groups in total. The molecule has 200 valence electrons. The van der Waals surface area contributed by atoms with Gasteiger partial charge in [0.2, 0.25) is 0 Å². The Labute approximate surface area is 233 Å². The van der Waals surface area contributed by atoms with Crippen LogP contribution in [0.1, 0.15) is 22.7 Å². The fraction of sp³-hybridized carbons (Fsp3) is 0.200. The van der Waals surface area contributed by atoms with Crippen LogP contribution in [0, 0.1) is 0 Å². The molecule has 1 aliphatic rings. The number of hydrogen-bond acceptors (Lipinski definition) is 6. The van der Waals surface area contributed by atoms with E-state index in [1.165, 1.54) is 12.0 Å². The summed E-state index contributed by atoms with van der Waals surface area (Å²) < 4.78 is 17.2. The number of aromatic nitrogens is 1. The number of likely N-dealkylation sites (tertiary alicyclic amines) is 1. The Morgan fingerprint density at radius 1 is 0.949 bits per heavy atom. The number of nitrogens with zero attached hydrogens (tertiary/aromatic N) is 1. The maximum Gasteiger partial charge on any atom is 0.295 e. The summed E-state index contributed by atoms with van der Waals surface area (Å²) in [6, 6.07) is 17.0. The second-order valence-electron chi connectivity index (χ2n) is 9.08. The van der Waals surface area contributed by atoms with E-state index in [1.807, 2.05) is 24.4 Å². The Morgan fingerprint density at radius 3 is 2.33 bits per heavy atom. The number of methoxy groups -OCH3 is 3. The monoisotopic (exact) mass is 590 g/mol. The second kappa shape index (κ2) is 10.9. The maximum absolute atomic E-state index is 13.5. The molecule has 0 aliphatic carbocycles. The quantitative estimate of drug-likeness (QED) is 0.157. The molecule has 1 fully saturated rings. The third kappa shape index (κ3) is 4.85. The summed E-state index contributed by atoms with van der Waals surface area (Å²) in [4.78, 5) is 31.7. The van der Waals surface area contributed by atoms with Crippen LogP contribution < -0.4 is 14.2 Å². The lowest BCUT2D eigenvalue weighted by atomic mass is 9.94. The normalized spacial score (nSPS) is 16.6. The van der Waals surface area contributed by atoms with Gasteiger partial charge in [0.1, 0.15) is 23.0 Å². The highest BCUT2D eigenvalue weighted by Gasteiger charge is 2.47. The summed E-state index contributed by atoms with van der Waals surface area (Å²) in [5.74, 6) is 0.0372. The lowest BCUT2D eigenvalue weighted by Crippen LogP contribution is -2.31. The average molecular weight is 591 g/mol. The number of aromatic amines is 1. The predicted octanol–water partition coefficient (Wildman–Crippen LogP) is 5.62. The Kier molecular flexibility index (Phi) is 7.34. The Bertz CT molecular complexity index is 1590. The molecular weight excluding hydrogens is 564 g/mol. The molecule has 0 unspecified atom stereocenters.